The third-order valence-electron chi connectivity index (χ3n) is 5.48. The van der Waals surface area contributed by atoms with E-state index < -0.39 is 42.8 Å². The van der Waals surface area contributed by atoms with E-state index in [1.54, 1.807) is 0 Å². The second-order valence-electron chi connectivity index (χ2n) is 8.24. The first-order valence-electron chi connectivity index (χ1n) is 11.7. The molecule has 0 unspecified atom stereocenters. The number of rotatable bonds is 20. The van der Waals surface area contributed by atoms with Gasteiger partial charge < -0.3 is 25.2 Å². The van der Waals surface area contributed by atoms with Gasteiger partial charge in [0, 0.05) is 12.8 Å². The predicted molar refractivity (Wildman–Crippen MR) is 116 cm³/mol. The molecular weight excluding hydrogens is 388 g/mol. The molecule has 0 aliphatic rings. The lowest BCUT2D eigenvalue weighted by Crippen LogP contribution is -2.58. The molecule has 0 radical (unpaired) electrons. The summed E-state index contributed by atoms with van der Waals surface area (Å²) in [5.41, 5.74) is -2.46. The van der Waals surface area contributed by atoms with Crippen LogP contribution in [-0.2, 0) is 14.3 Å². The van der Waals surface area contributed by atoms with Crippen LogP contribution in [0.5, 0.6) is 0 Å². The molecule has 0 saturated heterocycles. The lowest BCUT2D eigenvalue weighted by atomic mass is 9.86. The summed E-state index contributed by atoms with van der Waals surface area (Å²) in [5.74, 6) is -1.21. The molecule has 0 aromatic carbocycles. The Morgan fingerprint density at radius 3 is 1.77 bits per heavy atom. The second-order valence-corrected chi connectivity index (χ2v) is 8.24. The summed E-state index contributed by atoms with van der Waals surface area (Å²) in [6, 6.07) is 0. The van der Waals surface area contributed by atoms with Gasteiger partial charge in [0.05, 0.1) is 6.61 Å². The number of carbonyl (C=O) groups excluding carboxylic acids is 2. The molecule has 0 bridgehead atoms. The predicted octanol–water partition coefficient (Wildman–Crippen LogP) is 3.05. The number of ether oxygens (including phenoxy) is 1. The molecule has 4 N–H and O–H groups in total. The molecule has 178 valence electrons. The topological polar surface area (TPSA) is 124 Å². The van der Waals surface area contributed by atoms with E-state index in [9.17, 15) is 30.0 Å². The van der Waals surface area contributed by atoms with E-state index in [2.05, 4.69) is 13.8 Å². The SMILES string of the molecule is CCCCCCCCC(=O)OC[C@@H](O)[C@H](O)[C@@](O)(CO)C(=O)CCCCCCCC. The van der Waals surface area contributed by atoms with E-state index in [4.69, 9.17) is 4.74 Å². The molecule has 0 aliphatic carbocycles. The van der Waals surface area contributed by atoms with E-state index in [1.165, 1.54) is 6.42 Å². The standard InChI is InChI=1S/C23H44O7/c1-3-5-7-9-11-13-15-20(26)23(29,18-24)22(28)19(25)17-30-21(27)16-14-12-10-8-6-4-2/h19,22,24-25,28-29H,3-18H2,1-2H3/t19-,22+,23-/m1/s1. The van der Waals surface area contributed by atoms with Crippen molar-refractivity contribution in [2.45, 2.75) is 122 Å². The summed E-state index contributed by atoms with van der Waals surface area (Å²) in [6.45, 7) is 2.70. The monoisotopic (exact) mass is 432 g/mol. The molecule has 7 nitrogen and oxygen atoms in total. The maximum atomic E-state index is 12.3. The first kappa shape index (κ1) is 29.0. The first-order valence-corrected chi connectivity index (χ1v) is 11.7. The lowest BCUT2D eigenvalue weighted by molar-refractivity contribution is -0.178. The van der Waals surface area contributed by atoms with Gasteiger partial charge in [0.15, 0.2) is 11.4 Å². The van der Waals surface area contributed by atoms with Gasteiger partial charge in [-0.25, -0.2) is 0 Å². The van der Waals surface area contributed by atoms with E-state index in [1.807, 2.05) is 0 Å². The Bertz CT molecular complexity index is 455. The Morgan fingerprint density at radius 2 is 1.27 bits per heavy atom. The molecule has 0 saturated carbocycles. The Morgan fingerprint density at radius 1 is 0.800 bits per heavy atom. The summed E-state index contributed by atoms with van der Waals surface area (Å²) in [5, 5.41) is 40.2. The molecule has 30 heavy (non-hydrogen) atoms. The fourth-order valence-electron chi connectivity index (χ4n) is 3.34. The van der Waals surface area contributed by atoms with Crippen molar-refractivity contribution in [2.75, 3.05) is 13.2 Å². The van der Waals surface area contributed by atoms with Crippen LogP contribution in [0.15, 0.2) is 0 Å². The minimum atomic E-state index is -2.46. The van der Waals surface area contributed by atoms with Crippen LogP contribution < -0.4 is 0 Å². The normalized spacial score (nSPS) is 15.4. The number of Topliss-reactive ketones (excluding diaryl/α,β-unsaturated/α-hetero) is 1. The van der Waals surface area contributed by atoms with Gasteiger partial charge in [-0.3, -0.25) is 9.59 Å². The quantitative estimate of drug-likeness (QED) is 0.172. The van der Waals surface area contributed by atoms with Crippen molar-refractivity contribution >= 4 is 11.8 Å². The zero-order valence-corrected chi connectivity index (χ0v) is 19.0. The van der Waals surface area contributed by atoms with Crippen molar-refractivity contribution < 1.29 is 34.8 Å². The van der Waals surface area contributed by atoms with Crippen LogP contribution in [-0.4, -0.2) is 63.2 Å². The van der Waals surface area contributed by atoms with E-state index in [0.29, 0.717) is 12.8 Å². The highest BCUT2D eigenvalue weighted by molar-refractivity contribution is 5.88. The van der Waals surface area contributed by atoms with Crippen LogP contribution in [0.2, 0.25) is 0 Å². The van der Waals surface area contributed by atoms with Crippen LogP contribution in [0.1, 0.15) is 104 Å². The Balaban J connectivity index is 4.29. The molecule has 0 heterocycles. The summed E-state index contributed by atoms with van der Waals surface area (Å²) < 4.78 is 4.96. The van der Waals surface area contributed by atoms with Gasteiger partial charge >= 0.3 is 5.97 Å². The van der Waals surface area contributed by atoms with Crippen molar-refractivity contribution in [1.29, 1.82) is 0 Å². The van der Waals surface area contributed by atoms with Gasteiger partial charge in [-0.15, -0.1) is 0 Å². The van der Waals surface area contributed by atoms with Gasteiger partial charge in [0.25, 0.3) is 0 Å². The average Bonchev–Trinajstić information content (AvgIpc) is 2.75. The molecule has 0 aromatic rings. The van der Waals surface area contributed by atoms with Crippen molar-refractivity contribution in [2.24, 2.45) is 0 Å². The van der Waals surface area contributed by atoms with E-state index in [0.717, 1.165) is 57.8 Å². The summed E-state index contributed by atoms with van der Waals surface area (Å²) in [4.78, 5) is 24.1. The molecule has 0 amide bonds. The Hall–Kier alpha value is -1.02. The maximum Gasteiger partial charge on any atom is 0.305 e. The summed E-state index contributed by atoms with van der Waals surface area (Å²) >= 11 is 0. The molecule has 0 spiro atoms. The van der Waals surface area contributed by atoms with Crippen LogP contribution in [0, 0.1) is 0 Å². The van der Waals surface area contributed by atoms with Crippen molar-refractivity contribution in [1.82, 2.24) is 0 Å². The molecule has 0 fully saturated rings. The number of aliphatic hydroxyl groups is 4. The average molecular weight is 433 g/mol. The third-order valence-corrected chi connectivity index (χ3v) is 5.48. The number of ketones is 1. The minimum Gasteiger partial charge on any atom is -0.463 e. The lowest BCUT2D eigenvalue weighted by Gasteiger charge is -2.32. The van der Waals surface area contributed by atoms with E-state index in [-0.39, 0.29) is 12.8 Å². The van der Waals surface area contributed by atoms with Gasteiger partial charge in [-0.1, -0.05) is 78.1 Å². The van der Waals surface area contributed by atoms with E-state index >= 15 is 0 Å². The van der Waals surface area contributed by atoms with Crippen molar-refractivity contribution in [3.8, 4) is 0 Å². The molecular formula is C23H44O7. The molecule has 3 atom stereocenters. The van der Waals surface area contributed by atoms with Crippen LogP contribution in [0.25, 0.3) is 0 Å². The highest BCUT2D eigenvalue weighted by Gasteiger charge is 2.45. The zero-order valence-electron chi connectivity index (χ0n) is 19.0. The third kappa shape index (κ3) is 12.0. The number of hydrogen-bond donors (Lipinski definition) is 4. The van der Waals surface area contributed by atoms with Gasteiger partial charge in [-0.2, -0.15) is 0 Å². The number of esters is 1. The van der Waals surface area contributed by atoms with Crippen molar-refractivity contribution in [3.63, 3.8) is 0 Å². The Labute approximate surface area is 181 Å². The molecule has 0 aliphatic heterocycles. The Kier molecular flexibility index (Phi) is 17.0. The largest absolute Gasteiger partial charge is 0.463 e. The first-order chi connectivity index (χ1) is 14.3. The summed E-state index contributed by atoms with van der Waals surface area (Å²) in [7, 11) is 0. The molecule has 7 heteroatoms. The molecule has 0 rings (SSSR count). The fraction of sp³-hybridized carbons (Fsp3) is 0.913. The van der Waals surface area contributed by atoms with Gasteiger partial charge in [-0.05, 0) is 12.8 Å². The summed E-state index contributed by atoms with van der Waals surface area (Å²) in [6.07, 6.45) is 8.48. The van der Waals surface area contributed by atoms with Crippen LogP contribution in [0.3, 0.4) is 0 Å². The van der Waals surface area contributed by atoms with Gasteiger partial charge in [0.1, 0.15) is 18.8 Å². The number of unbranched alkanes of at least 4 members (excludes halogenated alkanes) is 10. The van der Waals surface area contributed by atoms with Crippen LogP contribution in [0.4, 0.5) is 0 Å². The highest BCUT2D eigenvalue weighted by Crippen LogP contribution is 2.20. The van der Waals surface area contributed by atoms with Gasteiger partial charge in [0.2, 0.25) is 0 Å². The molecule has 0 aromatic heterocycles. The fourth-order valence-corrected chi connectivity index (χ4v) is 3.34. The minimum absolute atomic E-state index is 0.00475. The highest BCUT2D eigenvalue weighted by atomic mass is 16.5. The number of aliphatic hydroxyl groups excluding tert-OH is 3. The zero-order chi connectivity index (χ0) is 22.8. The maximum absolute atomic E-state index is 12.3. The van der Waals surface area contributed by atoms with Crippen molar-refractivity contribution in [3.05, 3.63) is 0 Å². The second kappa shape index (κ2) is 17.6. The smallest absolute Gasteiger partial charge is 0.305 e. The van der Waals surface area contributed by atoms with Crippen LogP contribution >= 0.6 is 0 Å². The number of hydrogen-bond acceptors (Lipinski definition) is 7. The number of carbonyl (C=O) groups is 2.